The minimum Gasteiger partial charge on any atom is -0.453 e. The van der Waals surface area contributed by atoms with E-state index in [1.165, 1.54) is 25.7 Å². The van der Waals surface area contributed by atoms with Crippen LogP contribution in [0.25, 0.3) is 0 Å². The van der Waals surface area contributed by atoms with Crippen LogP contribution >= 0.6 is 11.6 Å². The second-order valence-electron chi connectivity index (χ2n) is 3.58. The van der Waals surface area contributed by atoms with Gasteiger partial charge in [-0.25, -0.2) is 0 Å². The normalized spacial score (nSPS) is 18.2. The molecule has 1 aliphatic carbocycles. The Labute approximate surface area is 83.3 Å². The van der Waals surface area contributed by atoms with E-state index in [1.807, 2.05) is 6.07 Å². The minimum atomic E-state index is 0.519. The maximum absolute atomic E-state index is 5.82. The molecule has 1 fully saturated rings. The Morgan fingerprint density at radius 3 is 2.85 bits per heavy atom. The van der Waals surface area contributed by atoms with Crippen molar-refractivity contribution in [2.75, 3.05) is 0 Å². The van der Waals surface area contributed by atoms with E-state index in [4.69, 9.17) is 16.0 Å². The molecule has 1 N–H and O–H groups in total. The summed E-state index contributed by atoms with van der Waals surface area (Å²) in [7, 11) is 0. The van der Waals surface area contributed by atoms with Crippen LogP contribution in [0.2, 0.25) is 5.22 Å². The molecule has 2 nitrogen and oxygen atoms in total. The second-order valence-corrected chi connectivity index (χ2v) is 3.93. The van der Waals surface area contributed by atoms with Gasteiger partial charge in [0.05, 0.1) is 6.26 Å². The third-order valence-electron chi connectivity index (χ3n) is 2.63. The van der Waals surface area contributed by atoms with Crippen LogP contribution in [0.3, 0.4) is 0 Å². The van der Waals surface area contributed by atoms with Gasteiger partial charge in [-0.2, -0.15) is 0 Å². The standard InChI is InChI=1S/C10H14ClNO/c11-10-8(5-6-13-10)7-12-9-3-1-2-4-9/h5-6,9,12H,1-4,7H2. The fourth-order valence-corrected chi connectivity index (χ4v) is 2.01. The van der Waals surface area contributed by atoms with E-state index in [0.29, 0.717) is 11.3 Å². The van der Waals surface area contributed by atoms with Crippen LogP contribution in [0.4, 0.5) is 0 Å². The van der Waals surface area contributed by atoms with Gasteiger partial charge in [0, 0.05) is 18.2 Å². The van der Waals surface area contributed by atoms with E-state index in [9.17, 15) is 0 Å². The van der Waals surface area contributed by atoms with E-state index in [2.05, 4.69) is 5.32 Å². The van der Waals surface area contributed by atoms with Gasteiger partial charge in [0.15, 0.2) is 5.22 Å². The Hall–Kier alpha value is -0.470. The highest BCUT2D eigenvalue weighted by Gasteiger charge is 2.14. The molecular formula is C10H14ClNO. The first kappa shape index (κ1) is 9.10. The van der Waals surface area contributed by atoms with Crippen LogP contribution in [0, 0.1) is 0 Å². The summed E-state index contributed by atoms with van der Waals surface area (Å²) in [6, 6.07) is 2.61. The summed E-state index contributed by atoms with van der Waals surface area (Å²) in [6.45, 7) is 0.833. The molecular weight excluding hydrogens is 186 g/mol. The van der Waals surface area contributed by atoms with E-state index >= 15 is 0 Å². The van der Waals surface area contributed by atoms with Crippen molar-refractivity contribution in [3.63, 3.8) is 0 Å². The molecule has 1 aliphatic rings. The molecule has 0 spiro atoms. The van der Waals surface area contributed by atoms with Crippen molar-refractivity contribution in [1.82, 2.24) is 5.32 Å². The zero-order valence-electron chi connectivity index (χ0n) is 7.55. The van der Waals surface area contributed by atoms with Crippen LogP contribution in [0.15, 0.2) is 16.7 Å². The van der Waals surface area contributed by atoms with Gasteiger partial charge in [0.2, 0.25) is 0 Å². The summed E-state index contributed by atoms with van der Waals surface area (Å²) >= 11 is 5.82. The molecule has 1 heterocycles. The lowest BCUT2D eigenvalue weighted by Crippen LogP contribution is -2.25. The quantitative estimate of drug-likeness (QED) is 0.810. The maximum atomic E-state index is 5.82. The van der Waals surface area contributed by atoms with Gasteiger partial charge in [0.1, 0.15) is 0 Å². The average Bonchev–Trinajstić information content (AvgIpc) is 2.72. The Balaban J connectivity index is 1.82. The Kier molecular flexibility index (Phi) is 2.91. The second kappa shape index (κ2) is 4.16. The zero-order chi connectivity index (χ0) is 9.10. The third-order valence-corrected chi connectivity index (χ3v) is 2.96. The molecule has 0 bridgehead atoms. The van der Waals surface area contributed by atoms with Gasteiger partial charge < -0.3 is 9.73 Å². The summed E-state index contributed by atoms with van der Waals surface area (Å²) in [5.74, 6) is 0. The largest absolute Gasteiger partial charge is 0.453 e. The highest BCUT2D eigenvalue weighted by molar-refractivity contribution is 6.29. The van der Waals surface area contributed by atoms with Gasteiger partial charge in [-0.05, 0) is 30.5 Å². The molecule has 1 saturated carbocycles. The lowest BCUT2D eigenvalue weighted by Gasteiger charge is -2.10. The van der Waals surface area contributed by atoms with Crippen molar-refractivity contribution in [2.24, 2.45) is 0 Å². The van der Waals surface area contributed by atoms with Gasteiger partial charge in [-0.1, -0.05) is 12.8 Å². The monoisotopic (exact) mass is 199 g/mol. The number of rotatable bonds is 3. The van der Waals surface area contributed by atoms with Crippen LogP contribution < -0.4 is 5.32 Å². The van der Waals surface area contributed by atoms with Crippen molar-refractivity contribution in [3.8, 4) is 0 Å². The lowest BCUT2D eigenvalue weighted by atomic mass is 10.2. The zero-order valence-corrected chi connectivity index (χ0v) is 8.31. The molecule has 13 heavy (non-hydrogen) atoms. The fraction of sp³-hybridized carbons (Fsp3) is 0.600. The first-order valence-corrected chi connectivity index (χ1v) is 5.19. The van der Waals surface area contributed by atoms with Crippen molar-refractivity contribution in [2.45, 2.75) is 38.3 Å². The maximum Gasteiger partial charge on any atom is 0.197 e. The van der Waals surface area contributed by atoms with Crippen LogP contribution in [-0.4, -0.2) is 6.04 Å². The molecule has 0 atom stereocenters. The Morgan fingerprint density at radius 2 is 2.23 bits per heavy atom. The molecule has 0 unspecified atom stereocenters. The minimum absolute atomic E-state index is 0.519. The topological polar surface area (TPSA) is 25.2 Å². The van der Waals surface area contributed by atoms with E-state index in [1.54, 1.807) is 6.26 Å². The van der Waals surface area contributed by atoms with Crippen molar-refractivity contribution < 1.29 is 4.42 Å². The molecule has 0 radical (unpaired) electrons. The number of furan rings is 1. The molecule has 0 aliphatic heterocycles. The highest BCUT2D eigenvalue weighted by Crippen LogP contribution is 2.20. The molecule has 3 heteroatoms. The van der Waals surface area contributed by atoms with Crippen molar-refractivity contribution in [1.29, 1.82) is 0 Å². The summed E-state index contributed by atoms with van der Waals surface area (Å²) in [6.07, 6.45) is 6.95. The fourth-order valence-electron chi connectivity index (χ4n) is 1.83. The summed E-state index contributed by atoms with van der Waals surface area (Å²) in [5, 5.41) is 4.00. The molecule has 0 amide bonds. The van der Waals surface area contributed by atoms with Gasteiger partial charge in [0.25, 0.3) is 0 Å². The van der Waals surface area contributed by atoms with Crippen LogP contribution in [0.1, 0.15) is 31.2 Å². The first-order valence-electron chi connectivity index (χ1n) is 4.81. The first-order chi connectivity index (χ1) is 6.36. The molecule has 1 aromatic heterocycles. The molecule has 0 aromatic carbocycles. The number of halogens is 1. The Morgan fingerprint density at radius 1 is 1.46 bits per heavy atom. The molecule has 1 aromatic rings. The summed E-state index contributed by atoms with van der Waals surface area (Å²) in [5.41, 5.74) is 1.06. The van der Waals surface area contributed by atoms with E-state index in [-0.39, 0.29) is 0 Å². The number of nitrogens with one attached hydrogen (secondary N) is 1. The summed E-state index contributed by atoms with van der Waals surface area (Å²) < 4.78 is 5.01. The van der Waals surface area contributed by atoms with Crippen LogP contribution in [0.5, 0.6) is 0 Å². The highest BCUT2D eigenvalue weighted by atomic mass is 35.5. The van der Waals surface area contributed by atoms with E-state index in [0.717, 1.165) is 12.1 Å². The summed E-state index contributed by atoms with van der Waals surface area (Å²) in [4.78, 5) is 0. The molecule has 72 valence electrons. The van der Waals surface area contributed by atoms with Crippen molar-refractivity contribution in [3.05, 3.63) is 23.1 Å². The van der Waals surface area contributed by atoms with Crippen molar-refractivity contribution >= 4 is 11.6 Å². The predicted octanol–water partition coefficient (Wildman–Crippen LogP) is 2.97. The predicted molar refractivity (Wildman–Crippen MR) is 52.8 cm³/mol. The smallest absolute Gasteiger partial charge is 0.197 e. The number of hydrogen-bond acceptors (Lipinski definition) is 2. The van der Waals surface area contributed by atoms with Gasteiger partial charge in [-0.15, -0.1) is 0 Å². The van der Waals surface area contributed by atoms with E-state index < -0.39 is 0 Å². The van der Waals surface area contributed by atoms with Gasteiger partial charge >= 0.3 is 0 Å². The van der Waals surface area contributed by atoms with Crippen LogP contribution in [-0.2, 0) is 6.54 Å². The lowest BCUT2D eigenvalue weighted by molar-refractivity contribution is 0.517. The molecule has 0 saturated heterocycles. The average molecular weight is 200 g/mol. The molecule has 2 rings (SSSR count). The number of hydrogen-bond donors (Lipinski definition) is 1. The van der Waals surface area contributed by atoms with Gasteiger partial charge in [-0.3, -0.25) is 0 Å². The SMILES string of the molecule is Clc1occc1CNC1CCCC1. The Bertz CT molecular complexity index is 266. The third kappa shape index (κ3) is 2.26.